The van der Waals surface area contributed by atoms with Crippen molar-refractivity contribution in [3.63, 3.8) is 0 Å². The Kier molecular flexibility index (Phi) is 9.04. The number of amides is 1. The first-order chi connectivity index (χ1) is 22.0. The van der Waals surface area contributed by atoms with Gasteiger partial charge in [-0.2, -0.15) is 0 Å². The Morgan fingerprint density at radius 3 is 2.46 bits per heavy atom. The number of hydrogen-bond acceptors (Lipinski definition) is 7. The van der Waals surface area contributed by atoms with E-state index in [0.29, 0.717) is 50.8 Å². The Labute approximate surface area is 279 Å². The topological polar surface area (TPSA) is 90.6 Å². The highest BCUT2D eigenvalue weighted by Crippen LogP contribution is 2.48. The van der Waals surface area contributed by atoms with Gasteiger partial charge < -0.3 is 18.9 Å². The van der Waals surface area contributed by atoms with Crippen LogP contribution in [0.2, 0.25) is 10.0 Å². The minimum atomic E-state index is -0.272. The summed E-state index contributed by atoms with van der Waals surface area (Å²) in [6, 6.07) is 7.52. The summed E-state index contributed by atoms with van der Waals surface area (Å²) < 4.78 is 18.3. The van der Waals surface area contributed by atoms with E-state index < -0.39 is 0 Å². The van der Waals surface area contributed by atoms with Gasteiger partial charge in [-0.25, -0.2) is 4.98 Å². The molecule has 0 saturated heterocycles. The van der Waals surface area contributed by atoms with Crippen molar-refractivity contribution in [2.75, 3.05) is 21.2 Å². The fraction of sp³-hybridized carbons (Fsp3) is 0.444. The molecule has 4 aromatic rings. The predicted octanol–water partition coefficient (Wildman–Crippen LogP) is 8.48. The highest BCUT2D eigenvalue weighted by atomic mass is 35.5. The van der Waals surface area contributed by atoms with Crippen molar-refractivity contribution < 1.29 is 18.8 Å². The van der Waals surface area contributed by atoms with Crippen molar-refractivity contribution in [3.8, 4) is 28.8 Å². The third-order valence-corrected chi connectivity index (χ3v) is 9.99. The number of rotatable bonds is 8. The molecule has 8 nitrogen and oxygen atoms in total. The summed E-state index contributed by atoms with van der Waals surface area (Å²) in [4.78, 5) is 22.7. The fourth-order valence-electron chi connectivity index (χ4n) is 6.17. The smallest absolute Gasteiger partial charge is 0.272 e. The maximum atomic E-state index is 12.5. The molecule has 0 radical (unpaired) electrons. The minimum absolute atomic E-state index is 0.152. The van der Waals surface area contributed by atoms with Crippen LogP contribution in [0, 0.1) is 17.3 Å². The van der Waals surface area contributed by atoms with Crippen LogP contribution >= 0.6 is 23.2 Å². The molecule has 3 heterocycles. The van der Waals surface area contributed by atoms with E-state index in [1.807, 2.05) is 18.2 Å². The predicted molar refractivity (Wildman–Crippen MR) is 179 cm³/mol. The molecule has 0 unspecified atom stereocenters. The molecule has 2 aliphatic rings. The average Bonchev–Trinajstić information content (AvgIpc) is 3.82. The standard InChI is InChI=1S/C36H38Cl2N4O4/c1-6-36(45-21-25-32(41-46-33(25)23-8-9-23)31-26(37)19-39-20-27(31)38)15-13-35(2,14-16-36)12-11-22-7-10-28-24(17-22)30(44-5)18-29(40-28)34(43)42(3)4/h7,10,17-20,23H,6,8-9,13-16,21H2,1-5H3. The Hall–Kier alpha value is -3.64. The van der Waals surface area contributed by atoms with Crippen LogP contribution in [0.25, 0.3) is 22.2 Å². The molecule has 0 bridgehead atoms. The number of methoxy groups -OCH3 is 1. The molecular formula is C36H38Cl2N4O4. The van der Waals surface area contributed by atoms with Crippen LogP contribution < -0.4 is 4.74 Å². The number of hydrogen-bond donors (Lipinski definition) is 0. The quantitative estimate of drug-likeness (QED) is 0.175. The number of ether oxygens (including phenoxy) is 2. The van der Waals surface area contributed by atoms with Crippen LogP contribution in [0.5, 0.6) is 5.75 Å². The highest BCUT2D eigenvalue weighted by molar-refractivity contribution is 6.38. The number of benzene rings is 1. The zero-order valence-electron chi connectivity index (χ0n) is 26.9. The van der Waals surface area contributed by atoms with Gasteiger partial charge in [0.15, 0.2) is 0 Å². The number of nitrogens with zero attached hydrogens (tertiary/aromatic N) is 4. The summed E-state index contributed by atoms with van der Waals surface area (Å²) in [5.41, 5.74) is 3.70. The van der Waals surface area contributed by atoms with Gasteiger partial charge in [-0.3, -0.25) is 9.78 Å². The van der Waals surface area contributed by atoms with Crippen LogP contribution in [0.3, 0.4) is 0 Å². The molecule has 2 fully saturated rings. The zero-order valence-corrected chi connectivity index (χ0v) is 28.4. The van der Waals surface area contributed by atoms with Crippen molar-refractivity contribution in [1.82, 2.24) is 20.0 Å². The van der Waals surface area contributed by atoms with Gasteiger partial charge in [0, 0.05) is 66.0 Å². The monoisotopic (exact) mass is 660 g/mol. The van der Waals surface area contributed by atoms with Gasteiger partial charge in [-0.15, -0.1) is 0 Å². The number of carbonyl (C=O) groups excluding carboxylic acids is 1. The Balaban J connectivity index is 1.18. The van der Waals surface area contributed by atoms with Crippen molar-refractivity contribution >= 4 is 40.0 Å². The molecule has 6 rings (SSSR count). The minimum Gasteiger partial charge on any atom is -0.496 e. The van der Waals surface area contributed by atoms with Crippen molar-refractivity contribution in [2.24, 2.45) is 5.41 Å². The first kappa shape index (κ1) is 32.3. The summed E-state index contributed by atoms with van der Waals surface area (Å²) in [5, 5.41) is 6.11. The van der Waals surface area contributed by atoms with Crippen molar-refractivity contribution in [2.45, 2.75) is 76.9 Å². The molecule has 240 valence electrons. The van der Waals surface area contributed by atoms with Crippen LogP contribution in [0.15, 0.2) is 41.2 Å². The number of pyridine rings is 2. The molecule has 10 heteroatoms. The zero-order chi connectivity index (χ0) is 32.6. The number of halogens is 2. The van der Waals surface area contributed by atoms with Crippen LogP contribution in [-0.4, -0.2) is 52.7 Å². The van der Waals surface area contributed by atoms with Gasteiger partial charge in [-0.1, -0.05) is 47.1 Å². The SMILES string of the molecule is CCC1(OCc2c(-c3c(Cl)cncc3Cl)noc2C2CC2)CCC(C)(C#Cc2ccc3nc(C(=O)N(C)C)cc(OC)c3c2)CC1. The summed E-state index contributed by atoms with van der Waals surface area (Å²) in [6.45, 7) is 4.80. The summed E-state index contributed by atoms with van der Waals surface area (Å²) in [6.07, 6.45) is 9.80. The maximum Gasteiger partial charge on any atom is 0.272 e. The molecule has 1 aromatic carbocycles. The Morgan fingerprint density at radius 1 is 1.11 bits per heavy atom. The van der Waals surface area contributed by atoms with E-state index in [-0.39, 0.29) is 16.9 Å². The van der Waals surface area contributed by atoms with Crippen LogP contribution in [-0.2, 0) is 11.3 Å². The molecule has 2 saturated carbocycles. The van der Waals surface area contributed by atoms with Gasteiger partial charge in [0.1, 0.15) is 22.9 Å². The van der Waals surface area contributed by atoms with Crippen LogP contribution in [0.1, 0.15) is 92.1 Å². The van der Waals surface area contributed by atoms with Gasteiger partial charge in [-0.05, 0) is 70.1 Å². The summed E-state index contributed by atoms with van der Waals surface area (Å²) in [5.74, 6) is 8.65. The van der Waals surface area contributed by atoms with E-state index in [0.717, 1.165) is 67.2 Å². The fourth-order valence-corrected chi connectivity index (χ4v) is 6.72. The Bertz CT molecular complexity index is 1830. The average molecular weight is 662 g/mol. The summed E-state index contributed by atoms with van der Waals surface area (Å²) >= 11 is 13.0. The molecule has 46 heavy (non-hydrogen) atoms. The lowest BCUT2D eigenvalue weighted by molar-refractivity contribution is -0.0952. The second kappa shape index (κ2) is 12.9. The first-order valence-electron chi connectivity index (χ1n) is 15.7. The van der Waals surface area contributed by atoms with Crippen molar-refractivity contribution in [1.29, 1.82) is 0 Å². The highest BCUT2D eigenvalue weighted by Gasteiger charge is 2.41. The molecule has 0 spiro atoms. The van der Waals surface area contributed by atoms with E-state index in [4.69, 9.17) is 37.2 Å². The van der Waals surface area contributed by atoms with Gasteiger partial charge in [0.25, 0.3) is 5.91 Å². The largest absolute Gasteiger partial charge is 0.496 e. The Morgan fingerprint density at radius 2 is 1.83 bits per heavy atom. The summed E-state index contributed by atoms with van der Waals surface area (Å²) in [7, 11) is 5.01. The second-order valence-electron chi connectivity index (χ2n) is 12.9. The van der Waals surface area contributed by atoms with Crippen molar-refractivity contribution in [3.05, 3.63) is 69.3 Å². The molecule has 2 aliphatic carbocycles. The van der Waals surface area contributed by atoms with E-state index in [9.17, 15) is 4.79 Å². The molecule has 3 aromatic heterocycles. The molecule has 0 N–H and O–H groups in total. The molecule has 1 amide bonds. The van der Waals surface area contributed by atoms with E-state index in [1.54, 1.807) is 39.7 Å². The van der Waals surface area contributed by atoms with Gasteiger partial charge >= 0.3 is 0 Å². The lowest BCUT2D eigenvalue weighted by Crippen LogP contribution is -2.39. The van der Waals surface area contributed by atoms with E-state index >= 15 is 0 Å². The third kappa shape index (κ3) is 6.46. The van der Waals surface area contributed by atoms with E-state index in [2.05, 4.69) is 40.8 Å². The molecular weight excluding hydrogens is 623 g/mol. The molecule has 0 atom stereocenters. The van der Waals surface area contributed by atoms with E-state index in [1.165, 1.54) is 4.90 Å². The lowest BCUT2D eigenvalue weighted by atomic mass is 9.69. The first-order valence-corrected chi connectivity index (χ1v) is 16.5. The molecule has 0 aliphatic heterocycles. The third-order valence-electron chi connectivity index (χ3n) is 9.41. The second-order valence-corrected chi connectivity index (χ2v) is 13.7. The maximum absolute atomic E-state index is 12.5. The van der Waals surface area contributed by atoms with Gasteiger partial charge in [0.2, 0.25) is 0 Å². The lowest BCUT2D eigenvalue weighted by Gasteiger charge is -2.42. The number of carbonyl (C=O) groups is 1. The van der Waals surface area contributed by atoms with Gasteiger partial charge in [0.05, 0.1) is 34.9 Å². The number of aromatic nitrogens is 3. The number of fused-ring (bicyclic) bond motifs is 1. The van der Waals surface area contributed by atoms with Crippen LogP contribution in [0.4, 0.5) is 0 Å². The normalized spacial score (nSPS) is 21.1.